The molecule has 0 saturated carbocycles. The number of guanidine groups is 1. The van der Waals surface area contributed by atoms with Crippen molar-refractivity contribution in [1.29, 1.82) is 0 Å². The molecule has 1 aromatic heterocycles. The number of nitrogens with zero attached hydrogens (tertiary/aromatic N) is 1. The van der Waals surface area contributed by atoms with Crippen LogP contribution in [0.2, 0.25) is 0 Å². The molecule has 0 aliphatic rings. The van der Waals surface area contributed by atoms with Crippen LogP contribution in [0.5, 0.6) is 0 Å². The van der Waals surface area contributed by atoms with Gasteiger partial charge in [0.05, 0.1) is 6.61 Å². The van der Waals surface area contributed by atoms with E-state index in [1.807, 2.05) is 6.92 Å². The average Bonchev–Trinajstić information content (AvgIpc) is 3.15. The molecule has 24 heavy (non-hydrogen) atoms. The number of hydrogen-bond acceptors (Lipinski definition) is 3. The summed E-state index contributed by atoms with van der Waals surface area (Å²) in [6.07, 6.45) is 0. The van der Waals surface area contributed by atoms with Gasteiger partial charge in [-0.2, -0.15) is 11.3 Å². The number of nitrogens with one attached hydrogen (secondary N) is 2. The summed E-state index contributed by atoms with van der Waals surface area (Å²) >= 11 is 1.74. The molecule has 0 fully saturated rings. The van der Waals surface area contributed by atoms with E-state index in [2.05, 4.69) is 63.6 Å². The van der Waals surface area contributed by atoms with Crippen molar-refractivity contribution in [3.05, 3.63) is 57.8 Å². The van der Waals surface area contributed by atoms with Crippen molar-refractivity contribution in [2.24, 2.45) is 4.99 Å². The van der Waals surface area contributed by atoms with Gasteiger partial charge in [0.15, 0.2) is 5.96 Å². The molecule has 0 bridgehead atoms. The minimum atomic E-state index is 0.465. The van der Waals surface area contributed by atoms with Crippen molar-refractivity contribution in [1.82, 2.24) is 10.6 Å². The third-order valence-electron chi connectivity index (χ3n) is 3.87. The maximum absolute atomic E-state index is 5.42. The van der Waals surface area contributed by atoms with Gasteiger partial charge in [-0.15, -0.1) is 0 Å². The van der Waals surface area contributed by atoms with Crippen LogP contribution >= 0.6 is 11.3 Å². The van der Waals surface area contributed by atoms with Gasteiger partial charge in [0.2, 0.25) is 0 Å². The Bertz CT molecular complexity index is 608. The third-order valence-corrected chi connectivity index (χ3v) is 4.57. The molecule has 2 N–H and O–H groups in total. The largest absolute Gasteiger partial charge is 0.377 e. The molecule has 0 spiro atoms. The first-order valence-corrected chi connectivity index (χ1v) is 9.29. The summed E-state index contributed by atoms with van der Waals surface area (Å²) in [5.74, 6) is 1.29. The molecule has 2 rings (SSSR count). The van der Waals surface area contributed by atoms with E-state index in [9.17, 15) is 0 Å². The third kappa shape index (κ3) is 5.98. The fraction of sp³-hybridized carbons (Fsp3) is 0.421. The molecule has 0 aliphatic carbocycles. The highest BCUT2D eigenvalue weighted by Crippen LogP contribution is 2.16. The van der Waals surface area contributed by atoms with Gasteiger partial charge in [0, 0.05) is 26.7 Å². The van der Waals surface area contributed by atoms with Crippen molar-refractivity contribution >= 4 is 17.3 Å². The highest BCUT2D eigenvalue weighted by molar-refractivity contribution is 7.07. The zero-order chi connectivity index (χ0) is 17.2. The van der Waals surface area contributed by atoms with Crippen molar-refractivity contribution in [3.63, 3.8) is 0 Å². The minimum Gasteiger partial charge on any atom is -0.377 e. The Morgan fingerprint density at radius 3 is 2.54 bits per heavy atom. The minimum absolute atomic E-state index is 0.465. The number of ether oxygens (including phenoxy) is 1. The summed E-state index contributed by atoms with van der Waals surface area (Å²) in [4.78, 5) is 4.29. The molecule has 1 aromatic carbocycles. The van der Waals surface area contributed by atoms with E-state index < -0.39 is 0 Å². The molecule has 0 radical (unpaired) electrons. The number of benzene rings is 1. The lowest BCUT2D eigenvalue weighted by Gasteiger charge is -2.15. The lowest BCUT2D eigenvalue weighted by molar-refractivity contribution is 0.134. The van der Waals surface area contributed by atoms with E-state index >= 15 is 0 Å². The number of rotatable bonds is 8. The topological polar surface area (TPSA) is 45.6 Å². The summed E-state index contributed by atoms with van der Waals surface area (Å²) in [6.45, 7) is 7.27. The molecule has 4 nitrogen and oxygen atoms in total. The number of hydrogen-bond donors (Lipinski definition) is 2. The Hall–Kier alpha value is -1.85. The fourth-order valence-corrected chi connectivity index (χ4v) is 3.08. The molecule has 1 heterocycles. The van der Waals surface area contributed by atoms with E-state index in [-0.39, 0.29) is 0 Å². The molecule has 0 saturated heterocycles. The second-order valence-electron chi connectivity index (χ2n) is 5.72. The Kier molecular flexibility index (Phi) is 7.79. The van der Waals surface area contributed by atoms with Gasteiger partial charge in [0.25, 0.3) is 0 Å². The molecular formula is C19H27N3OS. The van der Waals surface area contributed by atoms with Crippen LogP contribution in [0.4, 0.5) is 0 Å². The average molecular weight is 346 g/mol. The molecular weight excluding hydrogens is 318 g/mol. The maximum Gasteiger partial charge on any atom is 0.191 e. The molecule has 1 unspecified atom stereocenters. The van der Waals surface area contributed by atoms with Gasteiger partial charge >= 0.3 is 0 Å². The van der Waals surface area contributed by atoms with E-state index in [1.165, 1.54) is 16.7 Å². The summed E-state index contributed by atoms with van der Waals surface area (Å²) in [5, 5.41) is 11.1. The van der Waals surface area contributed by atoms with Gasteiger partial charge in [-0.05, 0) is 46.4 Å². The Morgan fingerprint density at radius 2 is 1.92 bits per heavy atom. The molecule has 5 heteroatoms. The van der Waals surface area contributed by atoms with Crippen LogP contribution in [0.3, 0.4) is 0 Å². The predicted molar refractivity (Wildman–Crippen MR) is 103 cm³/mol. The monoisotopic (exact) mass is 345 g/mol. The van der Waals surface area contributed by atoms with Gasteiger partial charge in [-0.1, -0.05) is 31.2 Å². The zero-order valence-electron chi connectivity index (χ0n) is 14.7. The first-order valence-electron chi connectivity index (χ1n) is 8.35. The van der Waals surface area contributed by atoms with Crippen LogP contribution in [0.1, 0.15) is 36.5 Å². The SMILES string of the molecule is CCOCc1ccc(CNC(=NC)NCC(C)c2ccsc2)cc1. The summed E-state index contributed by atoms with van der Waals surface area (Å²) < 4.78 is 5.42. The van der Waals surface area contributed by atoms with Gasteiger partial charge < -0.3 is 15.4 Å². The van der Waals surface area contributed by atoms with Crippen LogP contribution < -0.4 is 10.6 Å². The van der Waals surface area contributed by atoms with Crippen molar-refractivity contribution in [2.45, 2.75) is 32.9 Å². The van der Waals surface area contributed by atoms with Crippen LogP contribution in [0.25, 0.3) is 0 Å². The van der Waals surface area contributed by atoms with Gasteiger partial charge in [0.1, 0.15) is 0 Å². The van der Waals surface area contributed by atoms with Gasteiger partial charge in [-0.3, -0.25) is 4.99 Å². The van der Waals surface area contributed by atoms with Crippen molar-refractivity contribution in [2.75, 3.05) is 20.2 Å². The lowest BCUT2D eigenvalue weighted by Crippen LogP contribution is -2.38. The number of thiophene rings is 1. The van der Waals surface area contributed by atoms with Crippen LogP contribution in [-0.2, 0) is 17.9 Å². The predicted octanol–water partition coefficient (Wildman–Crippen LogP) is 3.75. The Balaban J connectivity index is 1.76. The molecule has 2 aromatic rings. The zero-order valence-corrected chi connectivity index (χ0v) is 15.5. The second kappa shape index (κ2) is 10.1. The molecule has 130 valence electrons. The normalized spacial score (nSPS) is 12.9. The molecule has 1 atom stereocenters. The van der Waals surface area contributed by atoms with E-state index in [0.717, 1.165) is 25.7 Å². The fourth-order valence-electron chi connectivity index (χ4n) is 2.30. The summed E-state index contributed by atoms with van der Waals surface area (Å²) in [6, 6.07) is 10.7. The first-order chi connectivity index (χ1) is 11.7. The van der Waals surface area contributed by atoms with Crippen LogP contribution in [-0.4, -0.2) is 26.2 Å². The van der Waals surface area contributed by atoms with Crippen LogP contribution in [0.15, 0.2) is 46.1 Å². The van der Waals surface area contributed by atoms with Crippen molar-refractivity contribution in [3.8, 4) is 0 Å². The highest BCUT2D eigenvalue weighted by atomic mass is 32.1. The van der Waals surface area contributed by atoms with Crippen LogP contribution in [0, 0.1) is 0 Å². The quantitative estimate of drug-likeness (QED) is 0.566. The maximum atomic E-state index is 5.42. The van der Waals surface area contributed by atoms with Crippen molar-refractivity contribution < 1.29 is 4.74 Å². The van der Waals surface area contributed by atoms with Gasteiger partial charge in [-0.25, -0.2) is 0 Å². The van der Waals surface area contributed by atoms with E-state index in [4.69, 9.17) is 4.74 Å². The summed E-state index contributed by atoms with van der Waals surface area (Å²) in [7, 11) is 1.80. The smallest absolute Gasteiger partial charge is 0.191 e. The Morgan fingerprint density at radius 1 is 1.17 bits per heavy atom. The van der Waals surface area contributed by atoms with E-state index in [0.29, 0.717) is 12.5 Å². The summed E-state index contributed by atoms with van der Waals surface area (Å²) in [5.41, 5.74) is 3.80. The molecule has 0 amide bonds. The second-order valence-corrected chi connectivity index (χ2v) is 6.50. The number of aliphatic imine (C=N–C) groups is 1. The standard InChI is InChI=1S/C19H27N3OS/c1-4-23-13-17-7-5-16(6-8-17)12-22-19(20-3)21-11-15(2)18-9-10-24-14-18/h5-10,14-15H,4,11-13H2,1-3H3,(H2,20,21,22). The highest BCUT2D eigenvalue weighted by Gasteiger charge is 2.07. The first kappa shape index (κ1) is 18.5. The lowest BCUT2D eigenvalue weighted by atomic mass is 10.1. The Labute approximate surface area is 149 Å². The molecule has 0 aliphatic heterocycles. The van der Waals surface area contributed by atoms with E-state index in [1.54, 1.807) is 18.4 Å².